The lowest BCUT2D eigenvalue weighted by atomic mass is 9.88. The van der Waals surface area contributed by atoms with E-state index in [9.17, 15) is 18.8 Å². The summed E-state index contributed by atoms with van der Waals surface area (Å²) in [4.78, 5) is 40.2. The number of benzene rings is 2. The van der Waals surface area contributed by atoms with Gasteiger partial charge in [-0.15, -0.1) is 0 Å². The number of carbonyl (C=O) groups excluding carboxylic acids is 3. The minimum Gasteiger partial charge on any atom is -0.383 e. The molecule has 3 amide bonds. The molecule has 0 radical (unpaired) electrons. The zero-order valence-electron chi connectivity index (χ0n) is 19.0. The molecule has 8 heteroatoms. The second kappa shape index (κ2) is 11.6. The Kier molecular flexibility index (Phi) is 8.54. The summed E-state index contributed by atoms with van der Waals surface area (Å²) in [6.45, 7) is 3.51. The summed E-state index contributed by atoms with van der Waals surface area (Å²) in [7, 11) is 1.55. The molecule has 7 nitrogen and oxygen atoms in total. The first-order chi connectivity index (χ1) is 15.9. The maximum atomic E-state index is 13.2. The number of hydrogen-bond acceptors (Lipinski definition) is 4. The van der Waals surface area contributed by atoms with Crippen LogP contribution in [0.3, 0.4) is 0 Å². The third-order valence-electron chi connectivity index (χ3n) is 5.84. The number of nitrogens with zero attached hydrogens (tertiary/aromatic N) is 1. The first-order valence-corrected chi connectivity index (χ1v) is 11.1. The summed E-state index contributed by atoms with van der Waals surface area (Å²) in [6.07, 6.45) is 1.12. The number of methoxy groups -OCH3 is 1. The van der Waals surface area contributed by atoms with Gasteiger partial charge in [0.2, 0.25) is 5.91 Å². The summed E-state index contributed by atoms with van der Waals surface area (Å²) in [5.41, 5.74) is 1.88. The van der Waals surface area contributed by atoms with Crippen LogP contribution in [0.15, 0.2) is 48.5 Å². The molecule has 1 saturated heterocycles. The van der Waals surface area contributed by atoms with Crippen LogP contribution in [0.4, 0.5) is 4.39 Å². The van der Waals surface area contributed by atoms with Crippen LogP contribution >= 0.6 is 0 Å². The number of ether oxygens (including phenoxy) is 1. The number of halogens is 1. The number of amides is 3. The maximum absolute atomic E-state index is 13.2. The van der Waals surface area contributed by atoms with E-state index in [1.165, 1.54) is 24.3 Å². The van der Waals surface area contributed by atoms with Crippen molar-refractivity contribution in [3.8, 4) is 0 Å². The molecule has 0 spiro atoms. The fourth-order valence-corrected chi connectivity index (χ4v) is 4.01. The lowest BCUT2D eigenvalue weighted by molar-refractivity contribution is -0.124. The van der Waals surface area contributed by atoms with Gasteiger partial charge in [-0.25, -0.2) is 4.39 Å². The summed E-state index contributed by atoms with van der Waals surface area (Å²) < 4.78 is 18.2. The van der Waals surface area contributed by atoms with Gasteiger partial charge in [0.15, 0.2) is 0 Å². The molecule has 1 aliphatic rings. The first kappa shape index (κ1) is 24.4. The van der Waals surface area contributed by atoms with E-state index in [0.29, 0.717) is 50.2 Å². The third kappa shape index (κ3) is 6.61. The van der Waals surface area contributed by atoms with Gasteiger partial charge in [-0.2, -0.15) is 0 Å². The van der Waals surface area contributed by atoms with Crippen LogP contribution in [-0.4, -0.2) is 62.0 Å². The van der Waals surface area contributed by atoms with Gasteiger partial charge in [0.1, 0.15) is 11.9 Å². The van der Waals surface area contributed by atoms with Crippen molar-refractivity contribution in [3.05, 3.63) is 71.0 Å². The van der Waals surface area contributed by atoms with E-state index in [0.717, 1.165) is 5.56 Å². The van der Waals surface area contributed by atoms with E-state index in [4.69, 9.17) is 4.74 Å². The smallest absolute Gasteiger partial charge is 0.253 e. The lowest BCUT2D eigenvalue weighted by Gasteiger charge is -2.36. The average Bonchev–Trinajstić information content (AvgIpc) is 2.82. The molecule has 1 aliphatic heterocycles. The van der Waals surface area contributed by atoms with Crippen LogP contribution in [0.5, 0.6) is 0 Å². The van der Waals surface area contributed by atoms with Crippen molar-refractivity contribution < 1.29 is 23.5 Å². The van der Waals surface area contributed by atoms with Gasteiger partial charge < -0.3 is 20.3 Å². The molecule has 0 aromatic heterocycles. The predicted octanol–water partition coefficient (Wildman–Crippen LogP) is 2.55. The highest BCUT2D eigenvalue weighted by atomic mass is 19.1. The summed E-state index contributed by atoms with van der Waals surface area (Å²) in [5.74, 6) is -1.26. The summed E-state index contributed by atoms with van der Waals surface area (Å²) in [6, 6.07) is 11.9. The number of hydrogen-bond donors (Lipinski definition) is 2. The topological polar surface area (TPSA) is 87.7 Å². The quantitative estimate of drug-likeness (QED) is 0.599. The molecule has 3 rings (SSSR count). The Morgan fingerprint density at radius 2 is 1.79 bits per heavy atom. The van der Waals surface area contributed by atoms with E-state index < -0.39 is 11.9 Å². The SMILES string of the molecule is COCCNC(=O)[C@@H](NC(=O)c1cccc(C)c1)C1CCN(C(=O)c2ccc(F)cc2)CC1. The fourth-order valence-electron chi connectivity index (χ4n) is 4.01. The van der Waals surface area contributed by atoms with E-state index in [1.807, 2.05) is 13.0 Å². The number of aryl methyl sites for hydroxylation is 1. The molecule has 2 N–H and O–H groups in total. The molecule has 0 saturated carbocycles. The Balaban J connectivity index is 1.67. The van der Waals surface area contributed by atoms with Gasteiger partial charge in [0.25, 0.3) is 11.8 Å². The molecule has 1 atom stereocenters. The minimum atomic E-state index is -0.724. The molecule has 0 aliphatic carbocycles. The predicted molar refractivity (Wildman–Crippen MR) is 122 cm³/mol. The van der Waals surface area contributed by atoms with Crippen molar-refractivity contribution in [2.75, 3.05) is 33.4 Å². The van der Waals surface area contributed by atoms with E-state index in [1.54, 1.807) is 30.2 Å². The highest BCUT2D eigenvalue weighted by molar-refractivity contribution is 5.98. The molecule has 1 heterocycles. The van der Waals surface area contributed by atoms with Crippen molar-refractivity contribution in [3.63, 3.8) is 0 Å². The highest BCUT2D eigenvalue weighted by Gasteiger charge is 2.34. The molecular formula is C25H30FN3O4. The van der Waals surface area contributed by atoms with Gasteiger partial charge in [-0.1, -0.05) is 17.7 Å². The van der Waals surface area contributed by atoms with Gasteiger partial charge >= 0.3 is 0 Å². The van der Waals surface area contributed by atoms with Gasteiger partial charge in [0.05, 0.1) is 6.61 Å². The molecule has 176 valence electrons. The molecule has 0 unspecified atom stereocenters. The van der Waals surface area contributed by atoms with E-state index >= 15 is 0 Å². The Hall–Kier alpha value is -3.26. The molecule has 33 heavy (non-hydrogen) atoms. The van der Waals surface area contributed by atoms with Gasteiger partial charge in [-0.05, 0) is 62.1 Å². The number of carbonyl (C=O) groups is 3. The minimum absolute atomic E-state index is 0.126. The van der Waals surface area contributed by atoms with Crippen LogP contribution in [0.25, 0.3) is 0 Å². The summed E-state index contributed by atoms with van der Waals surface area (Å²) in [5, 5.41) is 5.72. The highest BCUT2D eigenvalue weighted by Crippen LogP contribution is 2.23. The van der Waals surface area contributed by atoms with E-state index in [-0.39, 0.29) is 23.6 Å². The largest absolute Gasteiger partial charge is 0.383 e. The fraction of sp³-hybridized carbons (Fsp3) is 0.400. The lowest BCUT2D eigenvalue weighted by Crippen LogP contribution is -2.54. The van der Waals surface area contributed by atoms with Crippen molar-refractivity contribution >= 4 is 17.7 Å². The number of rotatable bonds is 8. The van der Waals surface area contributed by atoms with Gasteiger partial charge in [0, 0.05) is 37.9 Å². The maximum Gasteiger partial charge on any atom is 0.253 e. The number of nitrogens with one attached hydrogen (secondary N) is 2. The Morgan fingerprint density at radius 1 is 1.09 bits per heavy atom. The Bertz CT molecular complexity index is 972. The monoisotopic (exact) mass is 455 g/mol. The Labute approximate surface area is 193 Å². The molecule has 0 bridgehead atoms. The summed E-state index contributed by atoms with van der Waals surface area (Å²) >= 11 is 0. The first-order valence-electron chi connectivity index (χ1n) is 11.1. The molecule has 2 aromatic carbocycles. The zero-order chi connectivity index (χ0) is 23.8. The van der Waals surface area contributed by atoms with Gasteiger partial charge in [-0.3, -0.25) is 14.4 Å². The van der Waals surface area contributed by atoms with Crippen LogP contribution < -0.4 is 10.6 Å². The average molecular weight is 456 g/mol. The van der Waals surface area contributed by atoms with Crippen molar-refractivity contribution in [2.24, 2.45) is 5.92 Å². The Morgan fingerprint density at radius 3 is 2.42 bits per heavy atom. The van der Waals surface area contributed by atoms with Crippen LogP contribution in [0.1, 0.15) is 39.1 Å². The van der Waals surface area contributed by atoms with Crippen molar-refractivity contribution in [1.29, 1.82) is 0 Å². The second-order valence-electron chi connectivity index (χ2n) is 8.24. The molecule has 2 aromatic rings. The van der Waals surface area contributed by atoms with E-state index in [2.05, 4.69) is 10.6 Å². The number of piperidine rings is 1. The molecular weight excluding hydrogens is 425 g/mol. The van der Waals surface area contributed by atoms with Crippen LogP contribution in [0, 0.1) is 18.7 Å². The number of likely N-dealkylation sites (tertiary alicyclic amines) is 1. The third-order valence-corrected chi connectivity index (χ3v) is 5.84. The zero-order valence-corrected chi connectivity index (χ0v) is 19.0. The second-order valence-corrected chi connectivity index (χ2v) is 8.24. The molecule has 1 fully saturated rings. The van der Waals surface area contributed by atoms with Crippen LogP contribution in [-0.2, 0) is 9.53 Å². The van der Waals surface area contributed by atoms with Crippen molar-refractivity contribution in [1.82, 2.24) is 15.5 Å². The standard InChI is InChI=1S/C25H30FN3O4/c1-17-4-3-5-20(16-17)23(30)28-22(24(31)27-12-15-33-2)18-10-13-29(14-11-18)25(32)19-6-8-21(26)9-7-19/h3-9,16,18,22H,10-15H2,1-2H3,(H,27,31)(H,28,30)/t22-/m0/s1. The van der Waals surface area contributed by atoms with Crippen LogP contribution in [0.2, 0.25) is 0 Å². The van der Waals surface area contributed by atoms with Crippen molar-refractivity contribution in [2.45, 2.75) is 25.8 Å². The normalized spacial score (nSPS) is 15.1.